The van der Waals surface area contributed by atoms with Gasteiger partial charge in [-0.15, -0.1) is 0 Å². The maximum atomic E-state index is 13.1. The van der Waals surface area contributed by atoms with E-state index in [0.29, 0.717) is 37.8 Å². The molecule has 1 aromatic carbocycles. The molecule has 1 aliphatic rings. The van der Waals surface area contributed by atoms with Gasteiger partial charge >= 0.3 is 0 Å². The number of aryl methyl sites for hydroxylation is 1. The molecule has 0 spiro atoms. The van der Waals surface area contributed by atoms with Crippen molar-refractivity contribution in [3.05, 3.63) is 47.5 Å². The summed E-state index contributed by atoms with van der Waals surface area (Å²) >= 11 is 0. The first-order valence-corrected chi connectivity index (χ1v) is 10.7. The van der Waals surface area contributed by atoms with Crippen molar-refractivity contribution in [2.24, 2.45) is 0 Å². The Morgan fingerprint density at radius 2 is 2.00 bits per heavy atom. The number of carbonyl (C=O) groups excluding carboxylic acids is 1. The van der Waals surface area contributed by atoms with Crippen LogP contribution < -0.4 is 5.32 Å². The fourth-order valence-corrected chi connectivity index (χ4v) is 4.89. The molecular weight excluding hydrogens is 380 g/mol. The number of hydrogen-bond acceptors (Lipinski definition) is 5. The van der Waals surface area contributed by atoms with E-state index in [9.17, 15) is 13.2 Å². The summed E-state index contributed by atoms with van der Waals surface area (Å²) in [4.78, 5) is 16.8. The maximum absolute atomic E-state index is 13.1. The molecule has 3 rings (SSSR count). The number of hydrogen-bond donors (Lipinski definition) is 1. The van der Waals surface area contributed by atoms with Gasteiger partial charge in [0, 0.05) is 32.9 Å². The van der Waals surface area contributed by atoms with Gasteiger partial charge in [-0.2, -0.15) is 4.31 Å². The minimum Gasteiger partial charge on any atom is -0.383 e. The van der Waals surface area contributed by atoms with Gasteiger partial charge in [0.25, 0.3) is 0 Å². The monoisotopic (exact) mass is 406 g/mol. The molecule has 152 valence electrons. The zero-order valence-corrected chi connectivity index (χ0v) is 17.2. The molecule has 2 aromatic rings. The zero-order valence-electron chi connectivity index (χ0n) is 16.4. The number of fused-ring (bicyclic) bond motifs is 1. The molecule has 1 N–H and O–H groups in total. The number of nitrogens with zero attached hydrogens (tertiary/aromatic N) is 3. The Hall–Kier alpha value is -2.23. The molecule has 1 atom stereocenters. The number of ether oxygens (including phenoxy) is 1. The van der Waals surface area contributed by atoms with Crippen LogP contribution >= 0.6 is 0 Å². The number of imidazole rings is 1. The van der Waals surface area contributed by atoms with Crippen LogP contribution in [0.4, 0.5) is 0 Å². The number of nitrogens with one attached hydrogen (secondary N) is 1. The Bertz CT molecular complexity index is 937. The third-order valence-corrected chi connectivity index (χ3v) is 6.81. The minimum absolute atomic E-state index is 0.135. The Morgan fingerprint density at radius 1 is 1.29 bits per heavy atom. The summed E-state index contributed by atoms with van der Waals surface area (Å²) in [6.45, 7) is 5.51. The third kappa shape index (κ3) is 4.26. The molecule has 2 heterocycles. The first kappa shape index (κ1) is 20.5. The van der Waals surface area contributed by atoms with Gasteiger partial charge < -0.3 is 14.6 Å². The van der Waals surface area contributed by atoms with Crippen LogP contribution in [0.25, 0.3) is 0 Å². The van der Waals surface area contributed by atoms with E-state index in [1.165, 1.54) is 4.31 Å². The lowest BCUT2D eigenvalue weighted by atomic mass is 10.2. The van der Waals surface area contributed by atoms with Crippen LogP contribution in [-0.2, 0) is 32.5 Å². The van der Waals surface area contributed by atoms with Crippen LogP contribution in [0.15, 0.2) is 35.4 Å². The summed E-state index contributed by atoms with van der Waals surface area (Å²) in [6.07, 6.45) is 1.98. The summed E-state index contributed by atoms with van der Waals surface area (Å²) in [5.41, 5.74) is 1.64. The van der Waals surface area contributed by atoms with E-state index in [0.717, 1.165) is 5.56 Å². The summed E-state index contributed by atoms with van der Waals surface area (Å²) in [7, 11) is -2.04. The average molecular weight is 407 g/mol. The molecule has 1 aromatic heterocycles. The van der Waals surface area contributed by atoms with E-state index < -0.39 is 16.1 Å². The SMILES string of the molecule is COCCNC(=O)Cc1cn2c(n1)[C@@H](C)N(S(=O)(=O)c1ccc(C)cc1)CC2. The normalized spacial score (nSPS) is 17.3. The van der Waals surface area contributed by atoms with Crippen LogP contribution in [0.1, 0.15) is 30.0 Å². The molecule has 8 nitrogen and oxygen atoms in total. The Labute approximate surface area is 165 Å². The topological polar surface area (TPSA) is 93.5 Å². The lowest BCUT2D eigenvalue weighted by Crippen LogP contribution is -2.41. The lowest BCUT2D eigenvalue weighted by molar-refractivity contribution is -0.120. The molecular formula is C19H26N4O4S. The zero-order chi connectivity index (χ0) is 20.3. The predicted molar refractivity (Wildman–Crippen MR) is 104 cm³/mol. The summed E-state index contributed by atoms with van der Waals surface area (Å²) in [5, 5.41) is 2.76. The quantitative estimate of drug-likeness (QED) is 0.699. The Kier molecular flexibility index (Phi) is 6.17. The second-order valence-electron chi connectivity index (χ2n) is 6.91. The first-order chi connectivity index (χ1) is 13.3. The second kappa shape index (κ2) is 8.42. The molecule has 0 fully saturated rings. The van der Waals surface area contributed by atoms with Crippen molar-refractivity contribution in [1.29, 1.82) is 0 Å². The van der Waals surface area contributed by atoms with Gasteiger partial charge in [-0.05, 0) is 26.0 Å². The summed E-state index contributed by atoms with van der Waals surface area (Å²) < 4.78 is 34.4. The van der Waals surface area contributed by atoms with Crippen LogP contribution in [0.3, 0.4) is 0 Å². The molecule has 1 amide bonds. The van der Waals surface area contributed by atoms with Gasteiger partial charge in [-0.3, -0.25) is 4.79 Å². The maximum Gasteiger partial charge on any atom is 0.243 e. The van der Waals surface area contributed by atoms with Gasteiger partial charge in [0.15, 0.2) is 0 Å². The molecule has 0 saturated carbocycles. The molecule has 28 heavy (non-hydrogen) atoms. The highest BCUT2D eigenvalue weighted by molar-refractivity contribution is 7.89. The van der Waals surface area contributed by atoms with Crippen LogP contribution in [0.2, 0.25) is 0 Å². The average Bonchev–Trinajstić information content (AvgIpc) is 3.06. The van der Waals surface area contributed by atoms with Gasteiger partial charge in [0.2, 0.25) is 15.9 Å². The van der Waals surface area contributed by atoms with E-state index in [-0.39, 0.29) is 17.2 Å². The van der Waals surface area contributed by atoms with Crippen molar-refractivity contribution in [1.82, 2.24) is 19.2 Å². The first-order valence-electron chi connectivity index (χ1n) is 9.23. The summed E-state index contributed by atoms with van der Waals surface area (Å²) in [6, 6.07) is 6.44. The Balaban J connectivity index is 1.76. The predicted octanol–water partition coefficient (Wildman–Crippen LogP) is 1.26. The number of sulfonamides is 1. The summed E-state index contributed by atoms with van der Waals surface area (Å²) in [5.74, 6) is 0.519. The van der Waals surface area contributed by atoms with Crippen molar-refractivity contribution in [2.45, 2.75) is 37.8 Å². The van der Waals surface area contributed by atoms with Crippen molar-refractivity contribution in [2.75, 3.05) is 26.8 Å². The second-order valence-corrected chi connectivity index (χ2v) is 8.80. The van der Waals surface area contributed by atoms with Crippen molar-refractivity contribution in [3.8, 4) is 0 Å². The number of rotatable bonds is 7. The van der Waals surface area contributed by atoms with E-state index in [2.05, 4.69) is 10.3 Å². The smallest absolute Gasteiger partial charge is 0.243 e. The fourth-order valence-electron chi connectivity index (χ4n) is 3.31. The van der Waals surface area contributed by atoms with Crippen LogP contribution in [-0.4, -0.2) is 55.0 Å². The number of carbonyl (C=O) groups is 1. The molecule has 0 radical (unpaired) electrons. The lowest BCUT2D eigenvalue weighted by Gasteiger charge is -2.32. The number of benzene rings is 1. The number of amides is 1. The molecule has 9 heteroatoms. The van der Waals surface area contributed by atoms with Gasteiger partial charge in [0.05, 0.1) is 29.7 Å². The molecule has 0 unspecified atom stereocenters. The third-order valence-electron chi connectivity index (χ3n) is 4.82. The molecule has 0 bridgehead atoms. The van der Waals surface area contributed by atoms with Crippen molar-refractivity contribution < 1.29 is 17.9 Å². The molecule has 0 aliphatic carbocycles. The van der Waals surface area contributed by atoms with E-state index in [1.807, 2.05) is 24.6 Å². The highest BCUT2D eigenvalue weighted by atomic mass is 32.2. The molecule has 0 saturated heterocycles. The highest BCUT2D eigenvalue weighted by Gasteiger charge is 2.35. The van der Waals surface area contributed by atoms with E-state index in [4.69, 9.17) is 4.74 Å². The van der Waals surface area contributed by atoms with Crippen molar-refractivity contribution >= 4 is 15.9 Å². The Morgan fingerprint density at radius 3 is 2.68 bits per heavy atom. The number of aromatic nitrogens is 2. The fraction of sp³-hybridized carbons (Fsp3) is 0.474. The van der Waals surface area contributed by atoms with E-state index in [1.54, 1.807) is 31.4 Å². The minimum atomic E-state index is -3.61. The van der Waals surface area contributed by atoms with E-state index >= 15 is 0 Å². The van der Waals surface area contributed by atoms with Gasteiger partial charge in [0.1, 0.15) is 5.82 Å². The van der Waals surface area contributed by atoms with Gasteiger partial charge in [-0.25, -0.2) is 13.4 Å². The van der Waals surface area contributed by atoms with Crippen LogP contribution in [0, 0.1) is 6.92 Å². The largest absolute Gasteiger partial charge is 0.383 e. The number of methoxy groups -OCH3 is 1. The highest BCUT2D eigenvalue weighted by Crippen LogP contribution is 2.30. The van der Waals surface area contributed by atoms with Gasteiger partial charge in [-0.1, -0.05) is 17.7 Å². The van der Waals surface area contributed by atoms with Crippen LogP contribution in [0.5, 0.6) is 0 Å². The molecule has 1 aliphatic heterocycles. The standard InChI is InChI=1S/C19H26N4O4S/c1-14-4-6-17(7-5-14)28(25,26)23-10-9-22-13-16(21-19(22)15(23)2)12-18(24)20-8-11-27-3/h4-7,13,15H,8-12H2,1-3H3,(H,20,24)/t15-/m1/s1. The van der Waals surface area contributed by atoms with Crippen molar-refractivity contribution in [3.63, 3.8) is 0 Å².